The molecule has 34 heavy (non-hydrogen) atoms. The molecule has 0 fully saturated rings. The van der Waals surface area contributed by atoms with E-state index in [0.29, 0.717) is 22.7 Å². The van der Waals surface area contributed by atoms with Crippen LogP contribution in [0.4, 0.5) is 10.5 Å². The summed E-state index contributed by atoms with van der Waals surface area (Å²) >= 11 is 0. The SMILES string of the molecule is COc1cc(C=Nc2c(C)n(C)n(-c3ccccc3)c2=O)ccc1OC(=O)Oc1ccccc1. The van der Waals surface area contributed by atoms with Crippen LogP contribution in [0.2, 0.25) is 0 Å². The average molecular weight is 457 g/mol. The molecule has 0 saturated carbocycles. The highest BCUT2D eigenvalue weighted by atomic mass is 16.7. The van der Waals surface area contributed by atoms with E-state index < -0.39 is 6.16 Å². The Morgan fingerprint density at radius 2 is 1.59 bits per heavy atom. The Balaban J connectivity index is 1.55. The number of hydrogen-bond acceptors (Lipinski definition) is 6. The number of hydrogen-bond donors (Lipinski definition) is 0. The Bertz CT molecular complexity index is 1390. The van der Waals surface area contributed by atoms with Crippen LogP contribution in [-0.4, -0.2) is 28.8 Å². The van der Waals surface area contributed by atoms with E-state index in [2.05, 4.69) is 4.99 Å². The third-order valence-corrected chi connectivity index (χ3v) is 5.19. The van der Waals surface area contributed by atoms with Gasteiger partial charge in [-0.15, -0.1) is 0 Å². The van der Waals surface area contributed by atoms with E-state index in [0.717, 1.165) is 11.4 Å². The number of carbonyl (C=O) groups excluding carboxylic acids is 1. The van der Waals surface area contributed by atoms with Crippen molar-refractivity contribution in [2.24, 2.45) is 12.0 Å². The number of ether oxygens (including phenoxy) is 3. The van der Waals surface area contributed by atoms with Crippen LogP contribution in [0.15, 0.2) is 88.6 Å². The zero-order chi connectivity index (χ0) is 24.1. The fraction of sp³-hybridized carbons (Fsp3) is 0.115. The van der Waals surface area contributed by atoms with Crippen LogP contribution in [0, 0.1) is 6.92 Å². The van der Waals surface area contributed by atoms with Gasteiger partial charge in [0.05, 0.1) is 18.5 Å². The molecule has 172 valence electrons. The van der Waals surface area contributed by atoms with Gasteiger partial charge in [0, 0.05) is 13.3 Å². The van der Waals surface area contributed by atoms with Gasteiger partial charge in [-0.1, -0.05) is 36.4 Å². The highest BCUT2D eigenvalue weighted by molar-refractivity contribution is 5.83. The number of para-hydroxylation sites is 2. The van der Waals surface area contributed by atoms with Gasteiger partial charge < -0.3 is 14.2 Å². The highest BCUT2D eigenvalue weighted by Crippen LogP contribution is 2.28. The number of aliphatic imine (C=N–C) groups is 1. The molecular weight excluding hydrogens is 434 g/mol. The number of carbonyl (C=O) groups is 1. The number of benzene rings is 3. The third-order valence-electron chi connectivity index (χ3n) is 5.19. The average Bonchev–Trinajstić information content (AvgIpc) is 3.07. The van der Waals surface area contributed by atoms with Crippen LogP contribution < -0.4 is 19.8 Å². The van der Waals surface area contributed by atoms with E-state index in [1.54, 1.807) is 58.0 Å². The molecule has 1 heterocycles. The van der Waals surface area contributed by atoms with E-state index in [-0.39, 0.29) is 11.3 Å². The van der Waals surface area contributed by atoms with Gasteiger partial charge in [-0.2, -0.15) is 0 Å². The molecule has 0 atom stereocenters. The minimum absolute atomic E-state index is 0.197. The number of methoxy groups -OCH3 is 1. The van der Waals surface area contributed by atoms with E-state index in [9.17, 15) is 9.59 Å². The molecule has 0 aliphatic rings. The number of aromatic nitrogens is 2. The first kappa shape index (κ1) is 22.6. The van der Waals surface area contributed by atoms with Crippen LogP contribution in [0.5, 0.6) is 17.2 Å². The number of rotatable bonds is 6. The van der Waals surface area contributed by atoms with Gasteiger partial charge in [-0.3, -0.25) is 9.48 Å². The van der Waals surface area contributed by atoms with E-state index in [1.807, 2.05) is 50.4 Å². The first-order chi connectivity index (χ1) is 16.5. The molecule has 8 heteroatoms. The predicted molar refractivity (Wildman–Crippen MR) is 129 cm³/mol. The zero-order valence-electron chi connectivity index (χ0n) is 19.0. The van der Waals surface area contributed by atoms with Crippen LogP contribution in [0.25, 0.3) is 5.69 Å². The summed E-state index contributed by atoms with van der Waals surface area (Å²) in [7, 11) is 3.28. The van der Waals surface area contributed by atoms with E-state index >= 15 is 0 Å². The van der Waals surface area contributed by atoms with Crippen LogP contribution in [0.3, 0.4) is 0 Å². The lowest BCUT2D eigenvalue weighted by molar-refractivity contribution is 0.150. The van der Waals surface area contributed by atoms with Crippen molar-refractivity contribution >= 4 is 18.1 Å². The van der Waals surface area contributed by atoms with Gasteiger partial charge in [0.1, 0.15) is 5.75 Å². The van der Waals surface area contributed by atoms with Crippen molar-refractivity contribution in [1.29, 1.82) is 0 Å². The monoisotopic (exact) mass is 457 g/mol. The first-order valence-electron chi connectivity index (χ1n) is 10.5. The molecule has 0 radical (unpaired) electrons. The summed E-state index contributed by atoms with van der Waals surface area (Å²) in [5, 5.41) is 0. The summed E-state index contributed by atoms with van der Waals surface area (Å²) < 4.78 is 19.1. The third kappa shape index (κ3) is 4.75. The minimum atomic E-state index is -0.882. The maximum atomic E-state index is 13.0. The summed E-state index contributed by atoms with van der Waals surface area (Å²) in [5.41, 5.74) is 2.25. The fourth-order valence-corrected chi connectivity index (χ4v) is 3.39. The largest absolute Gasteiger partial charge is 0.519 e. The molecular formula is C26H23N3O5. The van der Waals surface area contributed by atoms with Crippen molar-refractivity contribution in [2.75, 3.05) is 7.11 Å². The predicted octanol–water partition coefficient (Wildman–Crippen LogP) is 4.82. The molecule has 0 amide bonds. The molecule has 0 bridgehead atoms. The second-order valence-corrected chi connectivity index (χ2v) is 7.35. The lowest BCUT2D eigenvalue weighted by Crippen LogP contribution is -2.19. The van der Waals surface area contributed by atoms with E-state index in [4.69, 9.17) is 14.2 Å². The lowest BCUT2D eigenvalue weighted by atomic mass is 10.2. The second kappa shape index (κ2) is 9.91. The molecule has 4 rings (SSSR count). The smallest absolute Gasteiger partial charge is 0.493 e. The molecule has 1 aromatic heterocycles. The standard InChI is InChI=1S/C26H23N3O5/c1-18-24(25(30)29(28(18)2)20-10-6-4-7-11-20)27-17-19-14-15-22(23(16-19)32-3)34-26(31)33-21-12-8-5-9-13-21/h4-17H,1-3H3. The van der Waals surface area contributed by atoms with Crippen LogP contribution in [-0.2, 0) is 7.05 Å². The topological polar surface area (TPSA) is 84.0 Å². The Morgan fingerprint density at radius 3 is 2.26 bits per heavy atom. The fourth-order valence-electron chi connectivity index (χ4n) is 3.39. The molecule has 0 aliphatic heterocycles. The molecule has 0 spiro atoms. The van der Waals surface area contributed by atoms with Crippen molar-refractivity contribution in [2.45, 2.75) is 6.92 Å². The summed E-state index contributed by atoms with van der Waals surface area (Å²) in [5.74, 6) is 0.887. The van der Waals surface area contributed by atoms with Crippen molar-refractivity contribution < 1.29 is 19.0 Å². The summed E-state index contributed by atoms with van der Waals surface area (Å²) in [6, 6.07) is 22.9. The maximum absolute atomic E-state index is 13.0. The molecule has 4 aromatic rings. The minimum Gasteiger partial charge on any atom is -0.493 e. The quantitative estimate of drug-likeness (QED) is 0.235. The van der Waals surface area contributed by atoms with Gasteiger partial charge >= 0.3 is 6.16 Å². The van der Waals surface area contributed by atoms with Crippen LogP contribution in [0.1, 0.15) is 11.3 Å². The summed E-state index contributed by atoms with van der Waals surface area (Å²) in [4.78, 5) is 29.6. The highest BCUT2D eigenvalue weighted by Gasteiger charge is 2.16. The van der Waals surface area contributed by atoms with Crippen molar-refractivity contribution in [3.05, 3.63) is 100 Å². The number of nitrogens with zero attached hydrogens (tertiary/aromatic N) is 3. The maximum Gasteiger partial charge on any atom is 0.519 e. The van der Waals surface area contributed by atoms with Gasteiger partial charge in [0.25, 0.3) is 5.56 Å². The molecule has 8 nitrogen and oxygen atoms in total. The zero-order valence-corrected chi connectivity index (χ0v) is 19.0. The van der Waals surface area contributed by atoms with Crippen LogP contribution >= 0.6 is 0 Å². The molecule has 0 N–H and O–H groups in total. The lowest BCUT2D eigenvalue weighted by Gasteiger charge is -2.10. The van der Waals surface area contributed by atoms with Crippen molar-refractivity contribution in [3.63, 3.8) is 0 Å². The summed E-state index contributed by atoms with van der Waals surface area (Å²) in [6.45, 7) is 1.84. The summed E-state index contributed by atoms with van der Waals surface area (Å²) in [6.07, 6.45) is 0.681. The van der Waals surface area contributed by atoms with Gasteiger partial charge in [-0.05, 0) is 55.0 Å². The van der Waals surface area contributed by atoms with Gasteiger partial charge in [0.15, 0.2) is 17.2 Å². The Labute approximate surface area is 196 Å². The van der Waals surface area contributed by atoms with Crippen molar-refractivity contribution in [1.82, 2.24) is 9.36 Å². The Kier molecular flexibility index (Phi) is 6.59. The van der Waals surface area contributed by atoms with E-state index in [1.165, 1.54) is 7.11 Å². The normalized spacial score (nSPS) is 10.9. The van der Waals surface area contributed by atoms with Gasteiger partial charge in [0.2, 0.25) is 0 Å². The van der Waals surface area contributed by atoms with Gasteiger partial charge in [-0.25, -0.2) is 14.5 Å². The molecule has 0 aliphatic carbocycles. The first-order valence-corrected chi connectivity index (χ1v) is 10.5. The second-order valence-electron chi connectivity index (χ2n) is 7.35. The molecule has 0 unspecified atom stereocenters. The molecule has 3 aromatic carbocycles. The van der Waals surface area contributed by atoms with Crippen molar-refractivity contribution in [3.8, 4) is 22.9 Å². The Hall–Kier alpha value is -4.59. The molecule has 0 saturated heterocycles. The Morgan fingerprint density at radius 1 is 0.912 bits per heavy atom.